The van der Waals surface area contributed by atoms with Crippen molar-refractivity contribution in [2.75, 3.05) is 31.6 Å². The molecule has 0 radical (unpaired) electrons. The molecular weight excluding hydrogens is 182 g/mol. The van der Waals surface area contributed by atoms with E-state index in [1.54, 1.807) is 18.7 Å². The van der Waals surface area contributed by atoms with Crippen LogP contribution in [0.15, 0.2) is 0 Å². The standard InChI is InChI=1S/C5H11N.C5H10OS/c1-6-4-2-3-5-6;1-3-7-4-5(2)6/h2-5H2,1H3;3-4H2,1-2H3. The third-order valence-electron chi connectivity index (χ3n) is 1.84. The quantitative estimate of drug-likeness (QED) is 0.700. The Morgan fingerprint density at radius 3 is 2.08 bits per heavy atom. The largest absolute Gasteiger partial charge is 0.306 e. The first-order chi connectivity index (χ1) is 6.16. The zero-order valence-electron chi connectivity index (χ0n) is 9.01. The smallest absolute Gasteiger partial charge is 0.139 e. The van der Waals surface area contributed by atoms with Gasteiger partial charge in [0.05, 0.1) is 5.75 Å². The van der Waals surface area contributed by atoms with E-state index in [1.807, 2.05) is 6.92 Å². The third kappa shape index (κ3) is 9.90. The molecule has 1 rings (SSSR count). The van der Waals surface area contributed by atoms with Crippen LogP contribution in [-0.4, -0.2) is 42.3 Å². The SMILES string of the molecule is CCSCC(C)=O.CN1CCCC1. The molecule has 0 amide bonds. The van der Waals surface area contributed by atoms with Crippen molar-refractivity contribution in [3.05, 3.63) is 0 Å². The lowest BCUT2D eigenvalue weighted by Crippen LogP contribution is -2.10. The summed E-state index contributed by atoms with van der Waals surface area (Å²) in [6.07, 6.45) is 2.83. The predicted molar refractivity (Wildman–Crippen MR) is 60.4 cm³/mol. The average Bonchev–Trinajstić information content (AvgIpc) is 2.53. The monoisotopic (exact) mass is 203 g/mol. The predicted octanol–water partition coefficient (Wildman–Crippen LogP) is 2.04. The highest BCUT2D eigenvalue weighted by Crippen LogP contribution is 2.02. The molecule has 0 atom stereocenters. The van der Waals surface area contributed by atoms with Crippen molar-refractivity contribution >= 4 is 17.5 Å². The van der Waals surface area contributed by atoms with Crippen molar-refractivity contribution in [2.45, 2.75) is 26.7 Å². The lowest BCUT2D eigenvalue weighted by atomic mass is 10.4. The summed E-state index contributed by atoms with van der Waals surface area (Å²) in [5, 5.41) is 0. The van der Waals surface area contributed by atoms with Crippen LogP contribution in [0, 0.1) is 0 Å². The summed E-state index contributed by atoms with van der Waals surface area (Å²) in [5.41, 5.74) is 0. The zero-order valence-corrected chi connectivity index (χ0v) is 9.82. The Hall–Kier alpha value is -0.0200. The van der Waals surface area contributed by atoms with Gasteiger partial charge >= 0.3 is 0 Å². The van der Waals surface area contributed by atoms with E-state index in [4.69, 9.17) is 0 Å². The van der Waals surface area contributed by atoms with Crippen LogP contribution in [0.2, 0.25) is 0 Å². The molecule has 2 nitrogen and oxygen atoms in total. The topological polar surface area (TPSA) is 20.3 Å². The Labute approximate surface area is 86.1 Å². The van der Waals surface area contributed by atoms with Gasteiger partial charge in [0, 0.05) is 0 Å². The molecular formula is C10H21NOS. The summed E-state index contributed by atoms with van der Waals surface area (Å²) in [6.45, 7) is 6.30. The number of rotatable bonds is 3. The van der Waals surface area contributed by atoms with Gasteiger partial charge in [-0.05, 0) is 45.7 Å². The number of ketones is 1. The van der Waals surface area contributed by atoms with E-state index in [1.165, 1.54) is 25.9 Å². The molecule has 0 spiro atoms. The molecule has 0 aromatic rings. The van der Waals surface area contributed by atoms with E-state index < -0.39 is 0 Å². The zero-order chi connectivity index (χ0) is 10.1. The fourth-order valence-corrected chi connectivity index (χ4v) is 1.61. The Bertz CT molecular complexity index is 133. The molecule has 78 valence electrons. The number of carbonyl (C=O) groups excluding carboxylic acids is 1. The first-order valence-corrected chi connectivity index (χ1v) is 6.08. The molecule has 0 aromatic heterocycles. The minimum Gasteiger partial charge on any atom is -0.306 e. The number of likely N-dealkylation sites (tertiary alicyclic amines) is 1. The molecule has 0 unspecified atom stereocenters. The van der Waals surface area contributed by atoms with Crippen LogP contribution < -0.4 is 0 Å². The summed E-state index contributed by atoms with van der Waals surface area (Å²) in [4.78, 5) is 12.5. The maximum atomic E-state index is 10.2. The van der Waals surface area contributed by atoms with Gasteiger partial charge in [0.1, 0.15) is 5.78 Å². The van der Waals surface area contributed by atoms with Crippen LogP contribution >= 0.6 is 11.8 Å². The van der Waals surface area contributed by atoms with E-state index in [-0.39, 0.29) is 5.78 Å². The molecule has 13 heavy (non-hydrogen) atoms. The third-order valence-corrected chi connectivity index (χ3v) is 2.86. The molecule has 1 saturated heterocycles. The van der Waals surface area contributed by atoms with Crippen molar-refractivity contribution < 1.29 is 4.79 Å². The first kappa shape index (κ1) is 13.0. The Morgan fingerprint density at radius 2 is 1.92 bits per heavy atom. The first-order valence-electron chi connectivity index (χ1n) is 4.92. The fourth-order valence-electron chi connectivity index (χ4n) is 1.12. The second-order valence-corrected chi connectivity index (χ2v) is 4.62. The molecule has 0 aromatic carbocycles. The van der Waals surface area contributed by atoms with Gasteiger partial charge < -0.3 is 4.90 Å². The number of carbonyl (C=O) groups is 1. The van der Waals surface area contributed by atoms with Crippen LogP contribution in [-0.2, 0) is 4.79 Å². The number of nitrogens with zero attached hydrogens (tertiary/aromatic N) is 1. The van der Waals surface area contributed by atoms with Crippen molar-refractivity contribution in [3.8, 4) is 0 Å². The molecule has 0 aliphatic carbocycles. The lowest BCUT2D eigenvalue weighted by molar-refractivity contribution is -0.114. The van der Waals surface area contributed by atoms with Gasteiger partial charge in [-0.25, -0.2) is 0 Å². The Morgan fingerprint density at radius 1 is 1.38 bits per heavy atom. The molecule has 0 saturated carbocycles. The van der Waals surface area contributed by atoms with Gasteiger partial charge in [0.25, 0.3) is 0 Å². The second-order valence-electron chi connectivity index (χ2n) is 3.35. The fraction of sp³-hybridized carbons (Fsp3) is 0.900. The maximum Gasteiger partial charge on any atom is 0.139 e. The minimum atomic E-state index is 0.270. The van der Waals surface area contributed by atoms with Gasteiger partial charge in [0.2, 0.25) is 0 Å². The number of thioether (sulfide) groups is 1. The van der Waals surface area contributed by atoms with Gasteiger partial charge in [-0.15, -0.1) is 0 Å². The van der Waals surface area contributed by atoms with E-state index in [2.05, 4.69) is 11.9 Å². The molecule has 1 aliphatic rings. The van der Waals surface area contributed by atoms with Gasteiger partial charge in [-0.3, -0.25) is 4.79 Å². The number of hydrogen-bond donors (Lipinski definition) is 0. The van der Waals surface area contributed by atoms with Gasteiger partial charge in [0.15, 0.2) is 0 Å². The highest BCUT2D eigenvalue weighted by atomic mass is 32.2. The van der Waals surface area contributed by atoms with E-state index in [9.17, 15) is 4.79 Å². The highest BCUT2D eigenvalue weighted by Gasteiger charge is 2.03. The second kappa shape index (κ2) is 8.57. The van der Waals surface area contributed by atoms with E-state index in [0.717, 1.165) is 5.75 Å². The summed E-state index contributed by atoms with van der Waals surface area (Å²) in [6, 6.07) is 0. The van der Waals surface area contributed by atoms with Crippen molar-refractivity contribution in [2.24, 2.45) is 0 Å². The summed E-state index contributed by atoms with van der Waals surface area (Å²) >= 11 is 1.67. The van der Waals surface area contributed by atoms with Crippen LogP contribution in [0.3, 0.4) is 0 Å². The number of Topliss-reactive ketones (excluding diaryl/α,β-unsaturated/α-hetero) is 1. The number of hydrogen-bond acceptors (Lipinski definition) is 3. The molecule has 1 heterocycles. The summed E-state index contributed by atoms with van der Waals surface area (Å²) in [5.74, 6) is 1.99. The van der Waals surface area contributed by atoms with Gasteiger partial charge in [-0.1, -0.05) is 6.92 Å². The van der Waals surface area contributed by atoms with Crippen molar-refractivity contribution in [1.82, 2.24) is 4.90 Å². The molecule has 1 aliphatic heterocycles. The van der Waals surface area contributed by atoms with E-state index >= 15 is 0 Å². The average molecular weight is 203 g/mol. The minimum absolute atomic E-state index is 0.270. The van der Waals surface area contributed by atoms with Crippen LogP contribution in [0.25, 0.3) is 0 Å². The molecule has 0 bridgehead atoms. The maximum absolute atomic E-state index is 10.2. The Balaban J connectivity index is 0.000000223. The van der Waals surface area contributed by atoms with Gasteiger partial charge in [-0.2, -0.15) is 11.8 Å². The van der Waals surface area contributed by atoms with Crippen LogP contribution in [0.5, 0.6) is 0 Å². The summed E-state index contributed by atoms with van der Waals surface area (Å²) in [7, 11) is 2.17. The molecule has 3 heteroatoms. The normalized spacial score (nSPS) is 16.5. The van der Waals surface area contributed by atoms with Crippen molar-refractivity contribution in [3.63, 3.8) is 0 Å². The highest BCUT2D eigenvalue weighted by molar-refractivity contribution is 7.99. The van der Waals surface area contributed by atoms with Crippen molar-refractivity contribution in [1.29, 1.82) is 0 Å². The van der Waals surface area contributed by atoms with Crippen LogP contribution in [0.4, 0.5) is 0 Å². The summed E-state index contributed by atoms with van der Waals surface area (Å²) < 4.78 is 0. The van der Waals surface area contributed by atoms with Crippen LogP contribution in [0.1, 0.15) is 26.7 Å². The molecule has 0 N–H and O–H groups in total. The van der Waals surface area contributed by atoms with E-state index in [0.29, 0.717) is 5.75 Å². The molecule has 1 fully saturated rings. The Kier molecular flexibility index (Phi) is 8.56. The lowest BCUT2D eigenvalue weighted by Gasteiger charge is -2.01.